The number of nitrogens with one attached hydrogen (secondary N) is 1. The first-order valence-electron chi connectivity index (χ1n) is 10.3. The lowest BCUT2D eigenvalue weighted by Crippen LogP contribution is -2.62. The van der Waals surface area contributed by atoms with Gasteiger partial charge in [-0.2, -0.15) is 0 Å². The average Bonchev–Trinajstić information content (AvgIpc) is 2.86. The fraction of sp³-hybridized carbons (Fsp3) is 0.864. The van der Waals surface area contributed by atoms with Crippen molar-refractivity contribution in [3.05, 3.63) is 12.2 Å². The zero-order chi connectivity index (χ0) is 18.2. The molecule has 0 aromatic carbocycles. The molecule has 140 valence electrons. The summed E-state index contributed by atoms with van der Waals surface area (Å²) in [5, 5.41) is 14.1. The molecule has 0 unspecified atom stereocenters. The number of amides is 1. The number of fused-ring (bicyclic) bond motifs is 5. The van der Waals surface area contributed by atoms with E-state index in [9.17, 15) is 9.90 Å². The van der Waals surface area contributed by atoms with Crippen LogP contribution in [0.1, 0.15) is 66.7 Å². The predicted octanol–water partition coefficient (Wildman–Crippen LogP) is 3.92. The van der Waals surface area contributed by atoms with Crippen molar-refractivity contribution < 1.29 is 9.90 Å². The van der Waals surface area contributed by atoms with Crippen molar-refractivity contribution in [1.29, 1.82) is 0 Å². The molecule has 2 N–H and O–H groups in total. The summed E-state index contributed by atoms with van der Waals surface area (Å²) in [4.78, 5) is 11.9. The van der Waals surface area contributed by atoms with Gasteiger partial charge in [0.15, 0.2) is 0 Å². The monoisotopic (exact) mass is 345 g/mol. The summed E-state index contributed by atoms with van der Waals surface area (Å²) in [7, 11) is 0. The number of carbonyl (C=O) groups excluding carboxylic acids is 1. The minimum Gasteiger partial charge on any atom is -0.390 e. The summed E-state index contributed by atoms with van der Waals surface area (Å²) in [6.45, 7) is 11.3. The molecule has 0 aromatic rings. The molecule has 1 heterocycles. The largest absolute Gasteiger partial charge is 0.390 e. The lowest BCUT2D eigenvalue weighted by atomic mass is 9.45. The minimum atomic E-state index is -0.584. The summed E-state index contributed by atoms with van der Waals surface area (Å²) in [6.07, 6.45) is 9.94. The molecule has 0 saturated heterocycles. The van der Waals surface area contributed by atoms with Crippen LogP contribution in [0.5, 0.6) is 0 Å². The Balaban J connectivity index is 1.70. The molecular weight excluding hydrogens is 310 g/mol. The third kappa shape index (κ3) is 2.37. The summed E-state index contributed by atoms with van der Waals surface area (Å²) < 4.78 is 0. The highest BCUT2D eigenvalue weighted by Crippen LogP contribution is 2.67. The van der Waals surface area contributed by atoms with Crippen molar-refractivity contribution in [1.82, 2.24) is 5.32 Å². The van der Waals surface area contributed by atoms with E-state index in [4.69, 9.17) is 0 Å². The Morgan fingerprint density at radius 2 is 1.92 bits per heavy atom. The third-order valence-electron chi connectivity index (χ3n) is 8.91. The number of hydrogen-bond donors (Lipinski definition) is 2. The van der Waals surface area contributed by atoms with Gasteiger partial charge in [-0.3, -0.25) is 4.79 Å². The molecule has 1 amide bonds. The molecular formula is C22H35NO2. The number of hydrogen-bond acceptors (Lipinski definition) is 2. The minimum absolute atomic E-state index is 0.0803. The van der Waals surface area contributed by atoms with E-state index in [2.05, 4.69) is 32.2 Å². The maximum absolute atomic E-state index is 11.9. The first kappa shape index (κ1) is 17.6. The second-order valence-electron chi connectivity index (χ2n) is 10.6. The molecule has 4 rings (SSSR count). The van der Waals surface area contributed by atoms with Gasteiger partial charge >= 0.3 is 0 Å². The fourth-order valence-electron chi connectivity index (χ4n) is 7.84. The van der Waals surface area contributed by atoms with Crippen LogP contribution in [0.2, 0.25) is 0 Å². The molecule has 3 aliphatic carbocycles. The molecule has 0 radical (unpaired) electrons. The predicted molar refractivity (Wildman–Crippen MR) is 99.8 cm³/mol. The van der Waals surface area contributed by atoms with E-state index in [0.29, 0.717) is 29.6 Å². The SMILES string of the molecule is C[C@H]1C[C@H]2NC(=O)C=C[C@]2(C)[C@H]2CC[C@]3(C)[C@@H](C(C)(C)O)CC[C@H]3[C@H]12. The summed E-state index contributed by atoms with van der Waals surface area (Å²) in [6, 6.07) is 0.289. The van der Waals surface area contributed by atoms with E-state index in [1.807, 2.05) is 13.8 Å². The molecule has 3 nitrogen and oxygen atoms in total. The lowest BCUT2D eigenvalue weighted by molar-refractivity contribution is -0.132. The fourth-order valence-corrected chi connectivity index (χ4v) is 7.84. The van der Waals surface area contributed by atoms with Crippen LogP contribution in [-0.4, -0.2) is 22.7 Å². The normalized spacial score (nSPS) is 52.2. The molecule has 8 atom stereocenters. The Hall–Kier alpha value is -0.830. The van der Waals surface area contributed by atoms with Gasteiger partial charge in [0.25, 0.3) is 0 Å². The molecule has 3 fully saturated rings. The molecule has 25 heavy (non-hydrogen) atoms. The van der Waals surface area contributed by atoms with E-state index in [-0.39, 0.29) is 22.8 Å². The number of aliphatic hydroxyl groups is 1. The molecule has 3 heteroatoms. The van der Waals surface area contributed by atoms with Gasteiger partial charge in [-0.25, -0.2) is 0 Å². The average molecular weight is 346 g/mol. The van der Waals surface area contributed by atoms with Gasteiger partial charge in [0.05, 0.1) is 5.60 Å². The summed E-state index contributed by atoms with van der Waals surface area (Å²) in [5.41, 5.74) is -0.225. The van der Waals surface area contributed by atoms with E-state index in [1.165, 1.54) is 19.3 Å². The van der Waals surface area contributed by atoms with Crippen molar-refractivity contribution in [2.45, 2.75) is 78.4 Å². The van der Waals surface area contributed by atoms with E-state index in [1.54, 1.807) is 6.08 Å². The van der Waals surface area contributed by atoms with Crippen molar-refractivity contribution in [2.75, 3.05) is 0 Å². The number of carbonyl (C=O) groups is 1. The van der Waals surface area contributed by atoms with Gasteiger partial charge in [-0.1, -0.05) is 26.8 Å². The Bertz CT molecular complexity index is 606. The molecule has 3 saturated carbocycles. The second-order valence-corrected chi connectivity index (χ2v) is 10.6. The lowest BCUT2D eigenvalue weighted by Gasteiger charge is -2.61. The molecule has 0 bridgehead atoms. The Kier molecular flexibility index (Phi) is 3.76. The smallest absolute Gasteiger partial charge is 0.243 e. The highest BCUT2D eigenvalue weighted by molar-refractivity contribution is 5.89. The highest BCUT2D eigenvalue weighted by Gasteiger charge is 2.62. The van der Waals surface area contributed by atoms with E-state index in [0.717, 1.165) is 12.8 Å². The van der Waals surface area contributed by atoms with Crippen LogP contribution in [0.3, 0.4) is 0 Å². The number of rotatable bonds is 1. The van der Waals surface area contributed by atoms with Gasteiger partial charge in [0, 0.05) is 11.5 Å². The maximum atomic E-state index is 11.9. The van der Waals surface area contributed by atoms with Gasteiger partial charge in [0.1, 0.15) is 0 Å². The Morgan fingerprint density at radius 1 is 1.20 bits per heavy atom. The molecule has 1 aliphatic heterocycles. The summed E-state index contributed by atoms with van der Waals surface area (Å²) >= 11 is 0. The molecule has 0 spiro atoms. The molecule has 0 aromatic heterocycles. The van der Waals surface area contributed by atoms with E-state index >= 15 is 0 Å². The van der Waals surface area contributed by atoms with Crippen LogP contribution >= 0.6 is 0 Å². The van der Waals surface area contributed by atoms with Crippen LogP contribution in [0.15, 0.2) is 12.2 Å². The van der Waals surface area contributed by atoms with Crippen molar-refractivity contribution in [2.24, 2.45) is 40.4 Å². The standard InChI is InChI=1S/C22H35NO2/c1-13-12-17-22(5,11-9-18(24)23-17)15-8-10-21(4)14(19(13)15)6-7-16(21)20(2,3)25/h9,11,13-17,19,25H,6-8,10,12H2,1-5H3,(H,23,24)/t13-,14-,15-,16+,17+,19-,21-,22+/m0/s1. The van der Waals surface area contributed by atoms with Gasteiger partial charge < -0.3 is 10.4 Å². The van der Waals surface area contributed by atoms with Crippen molar-refractivity contribution in [3.8, 4) is 0 Å². The summed E-state index contributed by atoms with van der Waals surface area (Å²) in [5.74, 6) is 3.20. The Labute approximate surface area is 152 Å². The second kappa shape index (κ2) is 5.34. The highest BCUT2D eigenvalue weighted by atomic mass is 16.3. The maximum Gasteiger partial charge on any atom is 0.243 e. The third-order valence-corrected chi connectivity index (χ3v) is 8.91. The Morgan fingerprint density at radius 3 is 2.60 bits per heavy atom. The van der Waals surface area contributed by atoms with Gasteiger partial charge in [0.2, 0.25) is 5.91 Å². The topological polar surface area (TPSA) is 49.3 Å². The van der Waals surface area contributed by atoms with Crippen LogP contribution in [0.25, 0.3) is 0 Å². The zero-order valence-electron chi connectivity index (χ0n) is 16.5. The first-order chi connectivity index (χ1) is 11.6. The molecule has 4 aliphatic rings. The van der Waals surface area contributed by atoms with Crippen LogP contribution < -0.4 is 5.32 Å². The van der Waals surface area contributed by atoms with Crippen LogP contribution in [0.4, 0.5) is 0 Å². The van der Waals surface area contributed by atoms with Gasteiger partial charge in [-0.05, 0) is 87.0 Å². The van der Waals surface area contributed by atoms with Crippen molar-refractivity contribution in [3.63, 3.8) is 0 Å². The van der Waals surface area contributed by atoms with Gasteiger partial charge in [-0.15, -0.1) is 0 Å². The van der Waals surface area contributed by atoms with Crippen molar-refractivity contribution >= 4 is 5.91 Å². The quantitative estimate of drug-likeness (QED) is 0.757. The zero-order valence-corrected chi connectivity index (χ0v) is 16.5. The first-order valence-corrected chi connectivity index (χ1v) is 10.3. The van der Waals surface area contributed by atoms with Crippen LogP contribution in [0, 0.1) is 40.4 Å². The van der Waals surface area contributed by atoms with E-state index < -0.39 is 5.60 Å². The van der Waals surface area contributed by atoms with Crippen LogP contribution in [-0.2, 0) is 4.79 Å².